The highest BCUT2D eigenvalue weighted by atomic mass is 16.4. The van der Waals surface area contributed by atoms with Gasteiger partial charge >= 0.3 is 5.97 Å². The van der Waals surface area contributed by atoms with E-state index in [4.69, 9.17) is 10.8 Å². The highest BCUT2D eigenvalue weighted by Gasteiger charge is 2.39. The summed E-state index contributed by atoms with van der Waals surface area (Å²) in [5.41, 5.74) is 4.89. The lowest BCUT2D eigenvalue weighted by molar-refractivity contribution is -0.142. The van der Waals surface area contributed by atoms with Crippen LogP contribution in [0, 0.1) is 5.92 Å². The predicted octanol–water partition coefficient (Wildman–Crippen LogP) is 0.0469. The average molecular weight is 214 g/mol. The van der Waals surface area contributed by atoms with E-state index in [2.05, 4.69) is 0 Å². The molecule has 1 aliphatic rings. The molecule has 1 unspecified atom stereocenters. The van der Waals surface area contributed by atoms with Crippen LogP contribution in [0.5, 0.6) is 0 Å². The Labute approximate surface area is 89.2 Å². The number of aliphatic carboxylic acids is 1. The first-order chi connectivity index (χ1) is 6.86. The monoisotopic (exact) mass is 214 g/mol. The van der Waals surface area contributed by atoms with E-state index in [1.807, 2.05) is 0 Å². The zero-order chi connectivity index (χ0) is 11.6. The normalized spacial score (nSPS) is 22.2. The Morgan fingerprint density at radius 1 is 1.67 bits per heavy atom. The van der Waals surface area contributed by atoms with Gasteiger partial charge in [0.2, 0.25) is 5.91 Å². The van der Waals surface area contributed by atoms with Crippen molar-refractivity contribution in [1.29, 1.82) is 0 Å². The van der Waals surface area contributed by atoms with E-state index >= 15 is 0 Å². The van der Waals surface area contributed by atoms with Crippen molar-refractivity contribution in [3.63, 3.8) is 0 Å². The molecule has 0 aromatic carbocycles. The number of rotatable bonds is 4. The number of hydrogen-bond acceptors (Lipinski definition) is 3. The summed E-state index contributed by atoms with van der Waals surface area (Å²) in [5.74, 6) is -0.703. The molecule has 1 amide bonds. The summed E-state index contributed by atoms with van der Waals surface area (Å²) in [6.07, 6.45) is 0.412. The molecule has 15 heavy (non-hydrogen) atoms. The molecule has 0 aromatic heterocycles. The highest BCUT2D eigenvalue weighted by Crippen LogP contribution is 2.27. The quantitative estimate of drug-likeness (QED) is 0.692. The third kappa shape index (κ3) is 2.68. The lowest BCUT2D eigenvalue weighted by Crippen LogP contribution is -2.46. The SMILES string of the molecule is CC(C)(CC(=O)O)N1CC(CN)CC1=O. The predicted molar refractivity (Wildman–Crippen MR) is 55.2 cm³/mol. The van der Waals surface area contributed by atoms with Crippen molar-refractivity contribution in [2.75, 3.05) is 13.1 Å². The molecule has 0 aromatic rings. The zero-order valence-electron chi connectivity index (χ0n) is 9.19. The summed E-state index contributed by atoms with van der Waals surface area (Å²) in [7, 11) is 0. The molecule has 1 fully saturated rings. The van der Waals surface area contributed by atoms with Crippen molar-refractivity contribution < 1.29 is 14.7 Å². The number of carboxylic acid groups (broad SMARTS) is 1. The molecule has 0 saturated carbocycles. The second-order valence-electron chi connectivity index (χ2n) is 4.69. The molecule has 3 N–H and O–H groups in total. The Morgan fingerprint density at radius 2 is 2.27 bits per heavy atom. The summed E-state index contributed by atoms with van der Waals surface area (Å²) in [6.45, 7) is 4.61. The molecule has 0 radical (unpaired) electrons. The van der Waals surface area contributed by atoms with Gasteiger partial charge in [-0.3, -0.25) is 9.59 Å². The van der Waals surface area contributed by atoms with Gasteiger partial charge in [0.15, 0.2) is 0 Å². The van der Waals surface area contributed by atoms with Crippen LogP contribution in [0.2, 0.25) is 0 Å². The Bertz CT molecular complexity index is 276. The van der Waals surface area contributed by atoms with E-state index in [-0.39, 0.29) is 18.2 Å². The van der Waals surface area contributed by atoms with Gasteiger partial charge in [-0.15, -0.1) is 0 Å². The highest BCUT2D eigenvalue weighted by molar-refractivity contribution is 5.80. The van der Waals surface area contributed by atoms with Gasteiger partial charge in [0.25, 0.3) is 0 Å². The molecule has 0 aliphatic carbocycles. The minimum absolute atomic E-state index is 0.0108. The number of carbonyl (C=O) groups excluding carboxylic acids is 1. The standard InChI is InChI=1S/C10H18N2O3/c1-10(2,4-9(14)15)12-6-7(5-11)3-8(12)13/h7H,3-6,11H2,1-2H3,(H,14,15). The van der Waals surface area contributed by atoms with Crippen molar-refractivity contribution in [2.45, 2.75) is 32.2 Å². The van der Waals surface area contributed by atoms with Crippen LogP contribution in [0.4, 0.5) is 0 Å². The molecular weight excluding hydrogens is 196 g/mol. The van der Waals surface area contributed by atoms with Gasteiger partial charge < -0.3 is 15.7 Å². The van der Waals surface area contributed by atoms with Crippen molar-refractivity contribution in [1.82, 2.24) is 4.90 Å². The van der Waals surface area contributed by atoms with Crippen LogP contribution in [-0.2, 0) is 9.59 Å². The maximum atomic E-state index is 11.6. The van der Waals surface area contributed by atoms with E-state index in [0.717, 1.165) is 0 Å². The first-order valence-corrected chi connectivity index (χ1v) is 5.09. The summed E-state index contributed by atoms with van der Waals surface area (Å²) in [4.78, 5) is 24.0. The number of hydrogen-bond donors (Lipinski definition) is 2. The third-order valence-electron chi connectivity index (χ3n) is 2.85. The first-order valence-electron chi connectivity index (χ1n) is 5.09. The van der Waals surface area contributed by atoms with Crippen LogP contribution in [-0.4, -0.2) is 40.5 Å². The Morgan fingerprint density at radius 3 is 2.67 bits per heavy atom. The van der Waals surface area contributed by atoms with E-state index in [1.165, 1.54) is 0 Å². The van der Waals surface area contributed by atoms with Gasteiger partial charge in [-0.1, -0.05) is 0 Å². The molecule has 1 saturated heterocycles. The van der Waals surface area contributed by atoms with Crippen LogP contribution in [0.3, 0.4) is 0 Å². The molecule has 0 bridgehead atoms. The van der Waals surface area contributed by atoms with E-state index in [9.17, 15) is 9.59 Å². The lowest BCUT2D eigenvalue weighted by Gasteiger charge is -2.34. The van der Waals surface area contributed by atoms with Crippen LogP contribution in [0.1, 0.15) is 26.7 Å². The van der Waals surface area contributed by atoms with Crippen LogP contribution >= 0.6 is 0 Å². The minimum atomic E-state index is -0.885. The van der Waals surface area contributed by atoms with Gasteiger partial charge in [0.05, 0.1) is 6.42 Å². The number of amides is 1. The van der Waals surface area contributed by atoms with E-state index in [0.29, 0.717) is 19.5 Å². The molecule has 86 valence electrons. The number of nitrogens with two attached hydrogens (primary N) is 1. The van der Waals surface area contributed by atoms with Crippen molar-refractivity contribution in [3.05, 3.63) is 0 Å². The van der Waals surface area contributed by atoms with Crippen molar-refractivity contribution in [2.24, 2.45) is 11.7 Å². The maximum absolute atomic E-state index is 11.6. The lowest BCUT2D eigenvalue weighted by atomic mass is 9.98. The van der Waals surface area contributed by atoms with Gasteiger partial charge in [0, 0.05) is 18.5 Å². The fourth-order valence-corrected chi connectivity index (χ4v) is 1.99. The summed E-state index contributed by atoms with van der Waals surface area (Å²) in [6, 6.07) is 0. The van der Waals surface area contributed by atoms with Gasteiger partial charge in [-0.2, -0.15) is 0 Å². The molecule has 1 atom stereocenters. The summed E-state index contributed by atoms with van der Waals surface area (Å²) >= 11 is 0. The fraction of sp³-hybridized carbons (Fsp3) is 0.800. The summed E-state index contributed by atoms with van der Waals surface area (Å²) < 4.78 is 0. The Hall–Kier alpha value is -1.10. The zero-order valence-corrected chi connectivity index (χ0v) is 9.19. The Kier molecular flexibility index (Phi) is 3.34. The molecular formula is C10H18N2O3. The topological polar surface area (TPSA) is 83.6 Å². The van der Waals surface area contributed by atoms with Gasteiger partial charge in [-0.25, -0.2) is 0 Å². The van der Waals surface area contributed by atoms with Crippen LogP contribution < -0.4 is 5.73 Å². The summed E-state index contributed by atoms with van der Waals surface area (Å²) in [5, 5.41) is 8.76. The average Bonchev–Trinajstić information content (AvgIpc) is 2.45. The van der Waals surface area contributed by atoms with Crippen molar-refractivity contribution in [3.8, 4) is 0 Å². The smallest absolute Gasteiger partial charge is 0.305 e. The second-order valence-corrected chi connectivity index (χ2v) is 4.69. The third-order valence-corrected chi connectivity index (χ3v) is 2.85. The van der Waals surface area contributed by atoms with E-state index in [1.54, 1.807) is 18.7 Å². The molecule has 0 spiro atoms. The van der Waals surface area contributed by atoms with Gasteiger partial charge in [-0.05, 0) is 26.3 Å². The largest absolute Gasteiger partial charge is 0.481 e. The van der Waals surface area contributed by atoms with Crippen molar-refractivity contribution >= 4 is 11.9 Å². The molecule has 5 nitrogen and oxygen atoms in total. The number of nitrogens with zero attached hydrogens (tertiary/aromatic N) is 1. The van der Waals surface area contributed by atoms with Gasteiger partial charge in [0.1, 0.15) is 0 Å². The van der Waals surface area contributed by atoms with Crippen LogP contribution in [0.25, 0.3) is 0 Å². The maximum Gasteiger partial charge on any atom is 0.305 e. The number of carbonyl (C=O) groups is 2. The number of carboxylic acids is 1. The molecule has 5 heteroatoms. The Balaban J connectivity index is 2.71. The molecule has 1 heterocycles. The van der Waals surface area contributed by atoms with Crippen LogP contribution in [0.15, 0.2) is 0 Å². The first kappa shape index (κ1) is 12.0. The fourth-order valence-electron chi connectivity index (χ4n) is 1.99. The van der Waals surface area contributed by atoms with E-state index < -0.39 is 11.5 Å². The molecule has 1 rings (SSSR count). The minimum Gasteiger partial charge on any atom is -0.481 e. The second kappa shape index (κ2) is 4.18. The number of likely N-dealkylation sites (tertiary alicyclic amines) is 1. The molecule has 1 aliphatic heterocycles.